The molecule has 0 unspecified atom stereocenters. The van der Waals surface area contributed by atoms with Gasteiger partial charge in [-0.1, -0.05) is 0 Å². The van der Waals surface area contributed by atoms with Crippen LogP contribution in [0, 0.1) is 11.7 Å². The largest absolute Gasteiger partial charge is 0.399 e. The van der Waals surface area contributed by atoms with Crippen LogP contribution in [0.5, 0.6) is 0 Å². The molecule has 5 nitrogen and oxygen atoms in total. The molecule has 0 amide bonds. The summed E-state index contributed by atoms with van der Waals surface area (Å²) < 4.78 is 45.0. The molecular weight excluding hydrogens is 283 g/mol. The van der Waals surface area contributed by atoms with Gasteiger partial charge < -0.3 is 10.5 Å². The third-order valence-corrected chi connectivity index (χ3v) is 5.48. The molecule has 1 aliphatic heterocycles. The van der Waals surface area contributed by atoms with Crippen molar-refractivity contribution in [3.63, 3.8) is 0 Å². The van der Waals surface area contributed by atoms with Crippen molar-refractivity contribution in [1.29, 1.82) is 0 Å². The minimum atomic E-state index is -3.79. The van der Waals surface area contributed by atoms with Crippen LogP contribution in [0.25, 0.3) is 0 Å². The van der Waals surface area contributed by atoms with Crippen LogP contribution in [0.15, 0.2) is 23.1 Å². The molecule has 0 radical (unpaired) electrons. The van der Waals surface area contributed by atoms with Gasteiger partial charge in [0, 0.05) is 32.5 Å². The molecule has 1 aliphatic rings. The Morgan fingerprint density at radius 1 is 1.40 bits per heavy atom. The maximum atomic E-state index is 13.8. The van der Waals surface area contributed by atoms with Gasteiger partial charge >= 0.3 is 0 Å². The zero-order chi connectivity index (χ0) is 14.8. The predicted octanol–water partition coefficient (Wildman–Crippen LogP) is 1.45. The molecule has 2 rings (SSSR count). The van der Waals surface area contributed by atoms with E-state index in [2.05, 4.69) is 0 Å². The first kappa shape index (κ1) is 15.2. The topological polar surface area (TPSA) is 72.6 Å². The molecule has 112 valence electrons. The van der Waals surface area contributed by atoms with Gasteiger partial charge in [-0.05, 0) is 37.0 Å². The van der Waals surface area contributed by atoms with E-state index in [-0.39, 0.29) is 10.6 Å². The monoisotopic (exact) mass is 302 g/mol. The van der Waals surface area contributed by atoms with E-state index in [0.717, 1.165) is 18.9 Å². The van der Waals surface area contributed by atoms with Crippen LogP contribution in [0.2, 0.25) is 0 Å². The Labute approximate surface area is 118 Å². The third kappa shape index (κ3) is 3.11. The maximum absolute atomic E-state index is 13.8. The lowest BCUT2D eigenvalue weighted by atomic mass is 9.99. The molecule has 0 aromatic heterocycles. The highest BCUT2D eigenvalue weighted by molar-refractivity contribution is 7.89. The lowest BCUT2D eigenvalue weighted by Crippen LogP contribution is -2.39. The van der Waals surface area contributed by atoms with Gasteiger partial charge in [-0.3, -0.25) is 0 Å². The molecule has 2 N–H and O–H groups in total. The number of hydrogen-bond donors (Lipinski definition) is 1. The van der Waals surface area contributed by atoms with Gasteiger partial charge in [0.05, 0.1) is 0 Å². The van der Waals surface area contributed by atoms with Crippen LogP contribution < -0.4 is 5.73 Å². The van der Waals surface area contributed by atoms with Crippen LogP contribution >= 0.6 is 0 Å². The fourth-order valence-corrected chi connectivity index (χ4v) is 3.93. The Kier molecular flexibility index (Phi) is 4.62. The summed E-state index contributed by atoms with van der Waals surface area (Å²) in [5, 5.41) is 0. The number of halogens is 1. The van der Waals surface area contributed by atoms with Gasteiger partial charge in [-0.2, -0.15) is 4.31 Å². The fourth-order valence-electron chi connectivity index (χ4n) is 2.42. The number of anilines is 1. The first-order valence-electron chi connectivity index (χ1n) is 6.49. The molecule has 1 aromatic rings. The van der Waals surface area contributed by atoms with Crippen LogP contribution in [0.1, 0.15) is 12.8 Å². The number of nitrogens with zero attached hydrogens (tertiary/aromatic N) is 1. The number of methoxy groups -OCH3 is 1. The number of nitrogen functional groups attached to an aromatic ring is 1. The van der Waals surface area contributed by atoms with Gasteiger partial charge in [0.2, 0.25) is 10.0 Å². The van der Waals surface area contributed by atoms with Gasteiger partial charge in [-0.25, -0.2) is 12.8 Å². The summed E-state index contributed by atoms with van der Waals surface area (Å²) in [6, 6.07) is 3.65. The van der Waals surface area contributed by atoms with E-state index >= 15 is 0 Å². The Hall–Kier alpha value is -1.18. The standard InChI is InChI=1S/C13H19FN2O3S/c1-19-9-10-4-6-16(7-5-10)20(17,18)13-3-2-11(15)8-12(13)14/h2-3,8,10H,4-7,9,15H2,1H3. The van der Waals surface area contributed by atoms with Crippen LogP contribution in [-0.4, -0.2) is 39.5 Å². The minimum Gasteiger partial charge on any atom is -0.399 e. The zero-order valence-corrected chi connectivity index (χ0v) is 12.2. The molecule has 0 aliphatic carbocycles. The van der Waals surface area contributed by atoms with Crippen molar-refractivity contribution >= 4 is 15.7 Å². The molecule has 7 heteroatoms. The van der Waals surface area contributed by atoms with E-state index in [0.29, 0.717) is 25.6 Å². The van der Waals surface area contributed by atoms with Crippen molar-refractivity contribution in [2.24, 2.45) is 5.92 Å². The van der Waals surface area contributed by atoms with E-state index in [9.17, 15) is 12.8 Å². The molecule has 0 bridgehead atoms. The van der Waals surface area contributed by atoms with E-state index in [1.54, 1.807) is 7.11 Å². The van der Waals surface area contributed by atoms with E-state index in [1.165, 1.54) is 16.4 Å². The van der Waals surface area contributed by atoms with Gasteiger partial charge in [0.15, 0.2) is 0 Å². The molecule has 0 spiro atoms. The molecule has 1 fully saturated rings. The number of rotatable bonds is 4. The predicted molar refractivity (Wildman–Crippen MR) is 74.2 cm³/mol. The highest BCUT2D eigenvalue weighted by Crippen LogP contribution is 2.26. The summed E-state index contributed by atoms with van der Waals surface area (Å²) in [4.78, 5) is -0.308. The van der Waals surface area contributed by atoms with Gasteiger partial charge in [-0.15, -0.1) is 0 Å². The second kappa shape index (κ2) is 6.07. The van der Waals surface area contributed by atoms with Gasteiger partial charge in [0.1, 0.15) is 10.7 Å². The molecule has 0 saturated carbocycles. The van der Waals surface area contributed by atoms with Crippen molar-refractivity contribution in [2.75, 3.05) is 32.5 Å². The van der Waals surface area contributed by atoms with E-state index in [1.807, 2.05) is 0 Å². The summed E-state index contributed by atoms with van der Waals surface area (Å²) in [6.45, 7) is 1.41. The number of sulfonamides is 1. The summed E-state index contributed by atoms with van der Waals surface area (Å²) in [5.74, 6) is -0.438. The zero-order valence-electron chi connectivity index (χ0n) is 11.4. The summed E-state index contributed by atoms with van der Waals surface area (Å²) in [6.07, 6.45) is 1.45. The van der Waals surface area contributed by atoms with Crippen molar-refractivity contribution in [3.8, 4) is 0 Å². The quantitative estimate of drug-likeness (QED) is 0.855. The number of piperidine rings is 1. The van der Waals surface area contributed by atoms with Crippen molar-refractivity contribution in [3.05, 3.63) is 24.0 Å². The van der Waals surface area contributed by atoms with Crippen LogP contribution in [-0.2, 0) is 14.8 Å². The third-order valence-electron chi connectivity index (χ3n) is 3.55. The highest BCUT2D eigenvalue weighted by atomic mass is 32.2. The fraction of sp³-hybridized carbons (Fsp3) is 0.538. The molecule has 1 saturated heterocycles. The SMILES string of the molecule is COCC1CCN(S(=O)(=O)c2ccc(N)cc2F)CC1. The number of hydrogen-bond acceptors (Lipinski definition) is 4. The normalized spacial score (nSPS) is 18.3. The smallest absolute Gasteiger partial charge is 0.245 e. The molecule has 1 aromatic carbocycles. The lowest BCUT2D eigenvalue weighted by molar-refractivity contribution is 0.121. The van der Waals surface area contributed by atoms with Gasteiger partial charge in [0.25, 0.3) is 0 Å². The highest BCUT2D eigenvalue weighted by Gasteiger charge is 2.31. The second-order valence-corrected chi connectivity index (χ2v) is 6.90. The molecule has 0 atom stereocenters. The van der Waals surface area contributed by atoms with E-state index < -0.39 is 15.8 Å². The van der Waals surface area contributed by atoms with E-state index in [4.69, 9.17) is 10.5 Å². The Balaban J connectivity index is 2.15. The Bertz CT molecular complexity index is 569. The average Bonchev–Trinajstić information content (AvgIpc) is 2.39. The lowest BCUT2D eigenvalue weighted by Gasteiger charge is -2.30. The number of nitrogens with two attached hydrogens (primary N) is 1. The maximum Gasteiger partial charge on any atom is 0.245 e. The number of ether oxygens (including phenoxy) is 1. The molecule has 20 heavy (non-hydrogen) atoms. The minimum absolute atomic E-state index is 0.209. The molecule has 1 heterocycles. The Morgan fingerprint density at radius 3 is 2.60 bits per heavy atom. The van der Waals surface area contributed by atoms with Crippen LogP contribution in [0.4, 0.5) is 10.1 Å². The van der Waals surface area contributed by atoms with Crippen molar-refractivity contribution in [1.82, 2.24) is 4.31 Å². The summed E-state index contributed by atoms with van der Waals surface area (Å²) in [5.41, 5.74) is 5.65. The Morgan fingerprint density at radius 2 is 2.05 bits per heavy atom. The van der Waals surface area contributed by atoms with Crippen molar-refractivity contribution in [2.45, 2.75) is 17.7 Å². The average molecular weight is 302 g/mol. The summed E-state index contributed by atoms with van der Waals surface area (Å²) in [7, 11) is -2.15. The van der Waals surface area contributed by atoms with Crippen molar-refractivity contribution < 1.29 is 17.5 Å². The molecular formula is C13H19FN2O3S. The number of benzene rings is 1. The summed E-state index contributed by atoms with van der Waals surface area (Å²) >= 11 is 0. The first-order valence-corrected chi connectivity index (χ1v) is 7.93. The second-order valence-electron chi connectivity index (χ2n) is 4.99. The van der Waals surface area contributed by atoms with Crippen LogP contribution in [0.3, 0.4) is 0 Å². The first-order chi connectivity index (χ1) is 9.45.